The van der Waals surface area contributed by atoms with Gasteiger partial charge in [-0.3, -0.25) is 0 Å². The first-order chi connectivity index (χ1) is 13.0. The summed E-state index contributed by atoms with van der Waals surface area (Å²) in [5.41, 5.74) is 3.28. The lowest BCUT2D eigenvalue weighted by atomic mass is 10.0. The minimum Gasteiger partial charge on any atom is -0.361 e. The van der Waals surface area contributed by atoms with Gasteiger partial charge in [-0.1, -0.05) is 24.3 Å². The number of benzene rings is 2. The van der Waals surface area contributed by atoms with Gasteiger partial charge >= 0.3 is 0 Å². The standard InChI is InChI=1S/C22H24N2O2S/c1-24-12-5-6-19(24)15-18-16-23-22-10-9-17(14-21(18)22)11-13-27(25,26)20-7-3-2-4-8-20/h2-4,7-11,13-14,16,19,23H,5-6,12,15H2,1H3/b13-11+. The Morgan fingerprint density at radius 3 is 2.74 bits per heavy atom. The lowest BCUT2D eigenvalue weighted by Gasteiger charge is -2.18. The van der Waals surface area contributed by atoms with Crippen LogP contribution < -0.4 is 0 Å². The van der Waals surface area contributed by atoms with Gasteiger partial charge in [0.1, 0.15) is 0 Å². The Morgan fingerprint density at radius 2 is 2.00 bits per heavy atom. The highest BCUT2D eigenvalue weighted by atomic mass is 32.2. The fraction of sp³-hybridized carbons (Fsp3) is 0.273. The monoisotopic (exact) mass is 380 g/mol. The number of nitrogens with one attached hydrogen (secondary N) is 1. The summed E-state index contributed by atoms with van der Waals surface area (Å²) in [6.45, 7) is 1.17. The first-order valence-electron chi connectivity index (χ1n) is 9.31. The molecule has 1 atom stereocenters. The van der Waals surface area contributed by atoms with Crippen molar-refractivity contribution < 1.29 is 8.42 Å². The van der Waals surface area contributed by atoms with Crippen LogP contribution in [0, 0.1) is 0 Å². The molecule has 1 N–H and O–H groups in total. The van der Waals surface area contributed by atoms with E-state index in [0.717, 1.165) is 17.5 Å². The number of aromatic nitrogens is 1. The molecule has 2 aromatic carbocycles. The van der Waals surface area contributed by atoms with Crippen LogP contribution in [0.3, 0.4) is 0 Å². The molecular formula is C22H24N2O2S. The molecule has 0 saturated carbocycles. The van der Waals surface area contributed by atoms with E-state index in [4.69, 9.17) is 0 Å². The molecule has 3 aromatic rings. The van der Waals surface area contributed by atoms with E-state index in [9.17, 15) is 8.42 Å². The van der Waals surface area contributed by atoms with E-state index in [1.54, 1.807) is 30.3 Å². The van der Waals surface area contributed by atoms with Gasteiger partial charge in [0, 0.05) is 28.5 Å². The third-order valence-corrected chi connectivity index (χ3v) is 6.85. The SMILES string of the molecule is CN1CCCC1Cc1c[nH]c2ccc(/C=C/S(=O)(=O)c3ccccc3)cc12. The van der Waals surface area contributed by atoms with Crippen LogP contribution in [0.25, 0.3) is 17.0 Å². The third-order valence-electron chi connectivity index (χ3n) is 5.43. The Morgan fingerprint density at radius 1 is 1.19 bits per heavy atom. The van der Waals surface area contributed by atoms with Crippen LogP contribution in [-0.4, -0.2) is 37.9 Å². The lowest BCUT2D eigenvalue weighted by molar-refractivity contribution is 0.310. The van der Waals surface area contributed by atoms with Crippen LogP contribution in [0.2, 0.25) is 0 Å². The number of H-pyrrole nitrogens is 1. The summed E-state index contributed by atoms with van der Waals surface area (Å²) in [5, 5.41) is 2.47. The average molecular weight is 381 g/mol. The van der Waals surface area contributed by atoms with Crippen LogP contribution in [0.1, 0.15) is 24.0 Å². The van der Waals surface area contributed by atoms with Crippen molar-refractivity contribution in [1.29, 1.82) is 0 Å². The number of nitrogens with zero attached hydrogens (tertiary/aromatic N) is 1. The molecule has 4 nitrogen and oxygen atoms in total. The van der Waals surface area contributed by atoms with Crippen molar-refractivity contribution in [2.45, 2.75) is 30.2 Å². The Labute approximate surface area is 160 Å². The molecule has 27 heavy (non-hydrogen) atoms. The molecule has 0 spiro atoms. The zero-order valence-corrected chi connectivity index (χ0v) is 16.2. The second-order valence-corrected chi connectivity index (χ2v) is 9.09. The summed E-state index contributed by atoms with van der Waals surface area (Å²) in [6, 6.07) is 15.1. The molecule has 1 aromatic heterocycles. The van der Waals surface area contributed by atoms with Crippen LogP contribution in [0.4, 0.5) is 0 Å². The molecule has 1 aliphatic rings. The van der Waals surface area contributed by atoms with Crippen LogP contribution >= 0.6 is 0 Å². The summed E-state index contributed by atoms with van der Waals surface area (Å²) in [5.74, 6) is 0. The molecule has 1 saturated heterocycles. The van der Waals surface area contributed by atoms with Crippen molar-refractivity contribution in [3.63, 3.8) is 0 Å². The molecule has 1 fully saturated rings. The highest BCUT2D eigenvalue weighted by Crippen LogP contribution is 2.26. The Hall–Kier alpha value is -2.37. The highest BCUT2D eigenvalue weighted by Gasteiger charge is 2.22. The summed E-state index contributed by atoms with van der Waals surface area (Å²) in [6.07, 6.45) is 7.28. The van der Waals surface area contributed by atoms with Crippen molar-refractivity contribution >= 4 is 26.8 Å². The first kappa shape index (κ1) is 18.0. The number of rotatable bonds is 5. The number of likely N-dealkylation sites (N-methyl/N-ethyl adjacent to an activating group) is 1. The third kappa shape index (κ3) is 3.84. The van der Waals surface area contributed by atoms with E-state index in [0.29, 0.717) is 10.9 Å². The minimum absolute atomic E-state index is 0.314. The van der Waals surface area contributed by atoms with Crippen molar-refractivity contribution in [3.05, 3.63) is 71.3 Å². The van der Waals surface area contributed by atoms with Gasteiger partial charge < -0.3 is 9.88 Å². The topological polar surface area (TPSA) is 53.2 Å². The number of fused-ring (bicyclic) bond motifs is 1. The maximum Gasteiger partial charge on any atom is 0.199 e. The van der Waals surface area contributed by atoms with E-state index in [2.05, 4.69) is 29.2 Å². The smallest absolute Gasteiger partial charge is 0.199 e. The molecule has 0 aliphatic carbocycles. The lowest BCUT2D eigenvalue weighted by Crippen LogP contribution is -2.26. The summed E-state index contributed by atoms with van der Waals surface area (Å²) < 4.78 is 24.9. The molecule has 5 heteroatoms. The Bertz CT molecular complexity index is 1070. The quantitative estimate of drug-likeness (QED) is 0.720. The second-order valence-electron chi connectivity index (χ2n) is 7.26. The number of sulfone groups is 1. The fourth-order valence-electron chi connectivity index (χ4n) is 3.82. The van der Waals surface area contributed by atoms with Gasteiger partial charge in [0.15, 0.2) is 9.84 Å². The van der Waals surface area contributed by atoms with E-state index in [1.807, 2.05) is 18.2 Å². The van der Waals surface area contributed by atoms with E-state index < -0.39 is 9.84 Å². The number of likely N-dealkylation sites (tertiary alicyclic amines) is 1. The molecule has 2 heterocycles. The fourth-order valence-corrected chi connectivity index (χ4v) is 4.85. The van der Waals surface area contributed by atoms with E-state index >= 15 is 0 Å². The summed E-state index contributed by atoms with van der Waals surface area (Å²) >= 11 is 0. The molecule has 140 valence electrons. The maximum absolute atomic E-state index is 12.5. The Balaban J connectivity index is 1.60. The molecular weight excluding hydrogens is 356 g/mol. The van der Waals surface area contributed by atoms with Gasteiger partial charge in [-0.2, -0.15) is 0 Å². The zero-order valence-electron chi connectivity index (χ0n) is 15.4. The van der Waals surface area contributed by atoms with Crippen molar-refractivity contribution in [2.75, 3.05) is 13.6 Å². The van der Waals surface area contributed by atoms with Gasteiger partial charge in [0.05, 0.1) is 4.90 Å². The van der Waals surface area contributed by atoms with Crippen LogP contribution in [0.5, 0.6) is 0 Å². The molecule has 0 amide bonds. The predicted molar refractivity (Wildman–Crippen MR) is 110 cm³/mol. The van der Waals surface area contributed by atoms with Gasteiger partial charge in [0.2, 0.25) is 0 Å². The number of aromatic amines is 1. The van der Waals surface area contributed by atoms with Crippen molar-refractivity contribution in [1.82, 2.24) is 9.88 Å². The van der Waals surface area contributed by atoms with Crippen molar-refractivity contribution in [3.8, 4) is 0 Å². The van der Waals surface area contributed by atoms with Crippen LogP contribution in [0.15, 0.2) is 65.0 Å². The van der Waals surface area contributed by atoms with Gasteiger partial charge in [-0.15, -0.1) is 0 Å². The molecule has 0 bridgehead atoms. The number of hydrogen-bond acceptors (Lipinski definition) is 3. The largest absolute Gasteiger partial charge is 0.361 e. The number of hydrogen-bond donors (Lipinski definition) is 1. The summed E-state index contributed by atoms with van der Waals surface area (Å²) in [7, 11) is -1.24. The predicted octanol–water partition coefficient (Wildman–Crippen LogP) is 4.25. The normalized spacial score (nSPS) is 18.6. The molecule has 1 aliphatic heterocycles. The molecule has 0 radical (unpaired) electrons. The second kappa shape index (κ2) is 7.33. The maximum atomic E-state index is 12.5. The van der Waals surface area contributed by atoms with Gasteiger partial charge in [-0.25, -0.2) is 8.42 Å². The van der Waals surface area contributed by atoms with E-state index in [1.165, 1.54) is 35.7 Å². The first-order valence-corrected chi connectivity index (χ1v) is 10.9. The zero-order chi connectivity index (χ0) is 18.9. The van der Waals surface area contributed by atoms with E-state index in [-0.39, 0.29) is 0 Å². The van der Waals surface area contributed by atoms with Gasteiger partial charge in [-0.05, 0) is 74.3 Å². The average Bonchev–Trinajstić information content (AvgIpc) is 3.27. The van der Waals surface area contributed by atoms with Crippen LogP contribution in [-0.2, 0) is 16.3 Å². The molecule has 4 rings (SSSR count). The van der Waals surface area contributed by atoms with Gasteiger partial charge in [0.25, 0.3) is 0 Å². The minimum atomic E-state index is -3.43. The highest BCUT2D eigenvalue weighted by molar-refractivity contribution is 7.94. The van der Waals surface area contributed by atoms with Crippen molar-refractivity contribution in [2.24, 2.45) is 0 Å². The summed E-state index contributed by atoms with van der Waals surface area (Å²) in [4.78, 5) is 6.08. The molecule has 1 unspecified atom stereocenters. The Kier molecular flexibility index (Phi) is 4.89.